The zero-order valence-corrected chi connectivity index (χ0v) is 12.1. The van der Waals surface area contributed by atoms with E-state index in [1.807, 2.05) is 18.2 Å². The Morgan fingerprint density at radius 2 is 2.21 bits per heavy atom. The van der Waals surface area contributed by atoms with Gasteiger partial charge in [-0.25, -0.2) is 0 Å². The van der Waals surface area contributed by atoms with Crippen LogP contribution in [-0.2, 0) is 13.2 Å². The van der Waals surface area contributed by atoms with Crippen LogP contribution in [0.25, 0.3) is 0 Å². The molecule has 4 heteroatoms. The predicted octanol–water partition coefficient (Wildman–Crippen LogP) is 4.23. The van der Waals surface area contributed by atoms with Crippen LogP contribution < -0.4 is 10.1 Å². The van der Waals surface area contributed by atoms with Crippen molar-refractivity contribution in [3.05, 3.63) is 51.2 Å². The summed E-state index contributed by atoms with van der Waals surface area (Å²) in [5.41, 5.74) is 2.26. The molecule has 0 unspecified atom stereocenters. The minimum Gasteiger partial charge on any atom is -0.488 e. The number of ether oxygens (including phenoxy) is 1. The maximum Gasteiger partial charge on any atom is 0.125 e. The highest BCUT2D eigenvalue weighted by molar-refractivity contribution is 7.07. The van der Waals surface area contributed by atoms with Crippen LogP contribution in [-0.4, -0.2) is 6.04 Å². The lowest BCUT2D eigenvalue weighted by atomic mass is 10.2. The maximum atomic E-state index is 6.28. The summed E-state index contributed by atoms with van der Waals surface area (Å²) in [6.45, 7) is 1.38. The lowest BCUT2D eigenvalue weighted by Crippen LogP contribution is -2.16. The zero-order chi connectivity index (χ0) is 13.1. The standard InChI is InChI=1S/C15H16ClNOS/c16-14-2-1-3-15(13(14)8-17-12-4-5-12)18-9-11-6-7-19-10-11/h1-3,6-7,10,12,17H,4-5,8-9H2. The molecule has 1 saturated carbocycles. The zero-order valence-electron chi connectivity index (χ0n) is 10.6. The molecule has 0 saturated heterocycles. The lowest BCUT2D eigenvalue weighted by Gasteiger charge is -2.13. The number of rotatable bonds is 6. The van der Waals surface area contributed by atoms with E-state index in [1.165, 1.54) is 18.4 Å². The molecule has 100 valence electrons. The Balaban J connectivity index is 1.69. The van der Waals surface area contributed by atoms with E-state index in [2.05, 4.69) is 22.1 Å². The van der Waals surface area contributed by atoms with Crippen LogP contribution in [0.5, 0.6) is 5.75 Å². The third-order valence-corrected chi connectivity index (χ3v) is 4.28. The van der Waals surface area contributed by atoms with Gasteiger partial charge in [-0.2, -0.15) is 11.3 Å². The van der Waals surface area contributed by atoms with Gasteiger partial charge in [0.25, 0.3) is 0 Å². The second-order valence-electron chi connectivity index (χ2n) is 4.79. The van der Waals surface area contributed by atoms with E-state index in [9.17, 15) is 0 Å². The van der Waals surface area contributed by atoms with Gasteiger partial charge in [0.1, 0.15) is 12.4 Å². The summed E-state index contributed by atoms with van der Waals surface area (Å²) in [7, 11) is 0. The molecule has 3 rings (SSSR count). The molecule has 1 fully saturated rings. The van der Waals surface area contributed by atoms with E-state index < -0.39 is 0 Å². The lowest BCUT2D eigenvalue weighted by molar-refractivity contribution is 0.302. The molecule has 0 bridgehead atoms. The topological polar surface area (TPSA) is 21.3 Å². The van der Waals surface area contributed by atoms with E-state index in [0.29, 0.717) is 12.6 Å². The molecule has 1 aliphatic rings. The molecule has 1 N–H and O–H groups in total. The van der Waals surface area contributed by atoms with Crippen molar-refractivity contribution in [3.63, 3.8) is 0 Å². The molecule has 0 aliphatic heterocycles. The van der Waals surface area contributed by atoms with Crippen molar-refractivity contribution in [2.75, 3.05) is 0 Å². The average molecular weight is 294 g/mol. The van der Waals surface area contributed by atoms with Crippen molar-refractivity contribution in [1.29, 1.82) is 0 Å². The van der Waals surface area contributed by atoms with E-state index in [1.54, 1.807) is 11.3 Å². The Kier molecular flexibility index (Phi) is 4.06. The molecule has 0 amide bonds. The number of benzene rings is 1. The van der Waals surface area contributed by atoms with E-state index in [4.69, 9.17) is 16.3 Å². The molecule has 2 nitrogen and oxygen atoms in total. The summed E-state index contributed by atoms with van der Waals surface area (Å²) >= 11 is 7.96. The van der Waals surface area contributed by atoms with Gasteiger partial charge in [-0.15, -0.1) is 0 Å². The summed E-state index contributed by atoms with van der Waals surface area (Å²) in [4.78, 5) is 0. The number of hydrogen-bond acceptors (Lipinski definition) is 3. The second-order valence-corrected chi connectivity index (χ2v) is 5.98. The average Bonchev–Trinajstić information content (AvgIpc) is 3.09. The Hall–Kier alpha value is -1.03. The van der Waals surface area contributed by atoms with Gasteiger partial charge < -0.3 is 10.1 Å². The van der Waals surface area contributed by atoms with Crippen LogP contribution in [0.3, 0.4) is 0 Å². The van der Waals surface area contributed by atoms with Gasteiger partial charge >= 0.3 is 0 Å². The summed E-state index contributed by atoms with van der Waals surface area (Å²) in [6, 6.07) is 8.59. The minimum atomic E-state index is 0.597. The van der Waals surface area contributed by atoms with Crippen LogP contribution in [0.4, 0.5) is 0 Å². The van der Waals surface area contributed by atoms with Crippen molar-refractivity contribution in [2.24, 2.45) is 0 Å². The fourth-order valence-corrected chi connectivity index (χ4v) is 2.80. The number of thiophene rings is 1. The fraction of sp³-hybridized carbons (Fsp3) is 0.333. The SMILES string of the molecule is Clc1cccc(OCc2ccsc2)c1CNC1CC1. The van der Waals surface area contributed by atoms with Crippen molar-refractivity contribution in [2.45, 2.75) is 32.0 Å². The quantitative estimate of drug-likeness (QED) is 0.860. The van der Waals surface area contributed by atoms with Gasteiger partial charge in [0, 0.05) is 23.2 Å². The molecule has 0 radical (unpaired) electrons. The molecule has 1 aliphatic carbocycles. The number of nitrogens with one attached hydrogen (secondary N) is 1. The Bertz CT molecular complexity index is 537. The highest BCUT2D eigenvalue weighted by atomic mass is 35.5. The highest BCUT2D eigenvalue weighted by Gasteiger charge is 2.21. The van der Waals surface area contributed by atoms with Crippen LogP contribution in [0.1, 0.15) is 24.0 Å². The maximum absolute atomic E-state index is 6.28. The molecule has 0 spiro atoms. The Morgan fingerprint density at radius 3 is 2.95 bits per heavy atom. The summed E-state index contributed by atoms with van der Waals surface area (Å²) in [5, 5.41) is 8.42. The van der Waals surface area contributed by atoms with E-state index in [-0.39, 0.29) is 0 Å². The first-order chi connectivity index (χ1) is 9.33. The first-order valence-corrected chi connectivity index (χ1v) is 7.79. The third-order valence-electron chi connectivity index (χ3n) is 3.20. The molecule has 2 aromatic rings. The molecular formula is C15H16ClNOS. The Labute approximate surface area is 122 Å². The molecular weight excluding hydrogens is 278 g/mol. The summed E-state index contributed by atoms with van der Waals surface area (Å²) in [5.74, 6) is 0.881. The third kappa shape index (κ3) is 3.50. The molecule has 0 atom stereocenters. The second kappa shape index (κ2) is 5.95. The monoisotopic (exact) mass is 293 g/mol. The van der Waals surface area contributed by atoms with Crippen molar-refractivity contribution >= 4 is 22.9 Å². The van der Waals surface area contributed by atoms with Crippen LogP contribution in [0, 0.1) is 0 Å². The van der Waals surface area contributed by atoms with Crippen LogP contribution in [0.2, 0.25) is 5.02 Å². The predicted molar refractivity (Wildman–Crippen MR) is 80.0 cm³/mol. The Morgan fingerprint density at radius 1 is 1.32 bits per heavy atom. The van der Waals surface area contributed by atoms with Crippen LogP contribution >= 0.6 is 22.9 Å². The minimum absolute atomic E-state index is 0.597. The fourth-order valence-electron chi connectivity index (χ4n) is 1.92. The van der Waals surface area contributed by atoms with Gasteiger partial charge in [-0.1, -0.05) is 17.7 Å². The normalized spacial score (nSPS) is 14.6. The molecule has 1 aromatic heterocycles. The number of hydrogen-bond donors (Lipinski definition) is 1. The van der Waals surface area contributed by atoms with Gasteiger partial charge in [0.2, 0.25) is 0 Å². The van der Waals surface area contributed by atoms with Crippen molar-refractivity contribution in [3.8, 4) is 5.75 Å². The van der Waals surface area contributed by atoms with Crippen molar-refractivity contribution in [1.82, 2.24) is 5.32 Å². The number of halogens is 1. The summed E-state index contributed by atoms with van der Waals surface area (Å²) < 4.78 is 5.90. The van der Waals surface area contributed by atoms with Gasteiger partial charge in [0.05, 0.1) is 0 Å². The van der Waals surface area contributed by atoms with Gasteiger partial charge in [-0.05, 0) is 47.4 Å². The van der Waals surface area contributed by atoms with Gasteiger partial charge in [-0.3, -0.25) is 0 Å². The largest absolute Gasteiger partial charge is 0.488 e. The molecule has 1 heterocycles. The van der Waals surface area contributed by atoms with E-state index in [0.717, 1.165) is 22.9 Å². The van der Waals surface area contributed by atoms with Crippen molar-refractivity contribution < 1.29 is 4.74 Å². The molecule has 19 heavy (non-hydrogen) atoms. The first kappa shape index (κ1) is 13.0. The molecule has 1 aromatic carbocycles. The van der Waals surface area contributed by atoms with Gasteiger partial charge in [0.15, 0.2) is 0 Å². The smallest absolute Gasteiger partial charge is 0.125 e. The highest BCUT2D eigenvalue weighted by Crippen LogP contribution is 2.29. The summed E-state index contributed by atoms with van der Waals surface area (Å²) in [6.07, 6.45) is 2.55. The first-order valence-electron chi connectivity index (χ1n) is 6.47. The van der Waals surface area contributed by atoms with Crippen LogP contribution in [0.15, 0.2) is 35.0 Å². The van der Waals surface area contributed by atoms with E-state index >= 15 is 0 Å².